The molecular weight excluding hydrogens is 349 g/mol. The van der Waals surface area contributed by atoms with Gasteiger partial charge < -0.3 is 25.2 Å². The standard InChI is InChI=1S/C20H26FN3O3/c1-5-22-20(23-11-14-6-7-16(21)13(2)8-14)24-12-15-9-17(26-3)19(25)18(10-15)27-4/h6-10,25H,5,11-12H2,1-4H3,(H2,22,23,24). The second kappa shape index (κ2) is 9.66. The molecule has 0 bridgehead atoms. The average molecular weight is 375 g/mol. The van der Waals surface area contributed by atoms with Crippen LogP contribution in [0.1, 0.15) is 23.6 Å². The van der Waals surface area contributed by atoms with E-state index in [1.165, 1.54) is 20.3 Å². The van der Waals surface area contributed by atoms with Crippen molar-refractivity contribution in [1.29, 1.82) is 0 Å². The second-order valence-corrected chi connectivity index (χ2v) is 5.98. The number of nitrogens with one attached hydrogen (secondary N) is 2. The molecule has 2 rings (SSSR count). The van der Waals surface area contributed by atoms with Crippen molar-refractivity contribution in [3.05, 3.63) is 52.8 Å². The van der Waals surface area contributed by atoms with Crippen molar-refractivity contribution in [3.63, 3.8) is 0 Å². The van der Waals surface area contributed by atoms with Gasteiger partial charge >= 0.3 is 0 Å². The van der Waals surface area contributed by atoms with Crippen LogP contribution >= 0.6 is 0 Å². The third kappa shape index (κ3) is 5.51. The van der Waals surface area contributed by atoms with Crippen LogP contribution in [0.5, 0.6) is 17.2 Å². The lowest BCUT2D eigenvalue weighted by molar-refractivity contribution is 0.339. The van der Waals surface area contributed by atoms with Crippen molar-refractivity contribution in [1.82, 2.24) is 10.6 Å². The molecule has 3 N–H and O–H groups in total. The number of rotatable bonds is 7. The molecule has 0 aliphatic heterocycles. The van der Waals surface area contributed by atoms with E-state index in [1.807, 2.05) is 13.0 Å². The van der Waals surface area contributed by atoms with Crippen LogP contribution in [0.25, 0.3) is 0 Å². The zero-order valence-corrected chi connectivity index (χ0v) is 16.1. The van der Waals surface area contributed by atoms with Gasteiger partial charge in [0.05, 0.1) is 20.8 Å². The molecule has 27 heavy (non-hydrogen) atoms. The summed E-state index contributed by atoms with van der Waals surface area (Å²) in [6.45, 7) is 5.31. The fourth-order valence-corrected chi connectivity index (χ4v) is 2.55. The Morgan fingerprint density at radius 1 is 1.07 bits per heavy atom. The Labute approximate surface area is 159 Å². The molecule has 0 aromatic heterocycles. The van der Waals surface area contributed by atoms with Crippen molar-refractivity contribution in [2.24, 2.45) is 4.99 Å². The van der Waals surface area contributed by atoms with E-state index < -0.39 is 0 Å². The minimum atomic E-state index is -0.213. The monoisotopic (exact) mass is 375 g/mol. The maximum Gasteiger partial charge on any atom is 0.200 e. The number of hydrogen-bond acceptors (Lipinski definition) is 4. The molecule has 0 unspecified atom stereocenters. The van der Waals surface area contributed by atoms with E-state index in [9.17, 15) is 9.50 Å². The molecule has 0 fully saturated rings. The predicted molar refractivity (Wildman–Crippen MR) is 104 cm³/mol. The Hall–Kier alpha value is -2.96. The molecule has 0 aliphatic rings. The molecule has 0 saturated carbocycles. The molecule has 2 aromatic rings. The summed E-state index contributed by atoms with van der Waals surface area (Å²) < 4.78 is 23.7. The number of aromatic hydroxyl groups is 1. The lowest BCUT2D eigenvalue weighted by Crippen LogP contribution is -2.36. The van der Waals surface area contributed by atoms with Gasteiger partial charge in [-0.05, 0) is 48.7 Å². The molecule has 0 aliphatic carbocycles. The summed E-state index contributed by atoms with van der Waals surface area (Å²) in [5, 5.41) is 16.4. The summed E-state index contributed by atoms with van der Waals surface area (Å²) in [4.78, 5) is 4.55. The maximum atomic E-state index is 13.4. The number of methoxy groups -OCH3 is 2. The molecular formula is C20H26FN3O3. The number of hydrogen-bond donors (Lipinski definition) is 3. The van der Waals surface area contributed by atoms with Crippen LogP contribution in [0.15, 0.2) is 35.3 Å². The summed E-state index contributed by atoms with van der Waals surface area (Å²) in [5.74, 6) is 1.04. The third-order valence-corrected chi connectivity index (χ3v) is 3.99. The van der Waals surface area contributed by atoms with Crippen molar-refractivity contribution in [3.8, 4) is 17.2 Å². The van der Waals surface area contributed by atoms with Gasteiger partial charge in [0.1, 0.15) is 5.82 Å². The van der Waals surface area contributed by atoms with Crippen molar-refractivity contribution < 1.29 is 19.0 Å². The zero-order chi connectivity index (χ0) is 19.8. The number of benzene rings is 2. The minimum Gasteiger partial charge on any atom is -0.502 e. The van der Waals surface area contributed by atoms with E-state index in [1.54, 1.807) is 25.1 Å². The van der Waals surface area contributed by atoms with Crippen molar-refractivity contribution in [2.75, 3.05) is 20.8 Å². The number of phenols is 1. The van der Waals surface area contributed by atoms with Gasteiger partial charge in [0.2, 0.25) is 5.75 Å². The summed E-state index contributed by atoms with van der Waals surface area (Å²) >= 11 is 0. The third-order valence-electron chi connectivity index (χ3n) is 3.99. The Kier molecular flexibility index (Phi) is 7.28. The smallest absolute Gasteiger partial charge is 0.200 e. The van der Waals surface area contributed by atoms with Crippen LogP contribution in [-0.4, -0.2) is 31.8 Å². The van der Waals surface area contributed by atoms with Gasteiger partial charge in [-0.15, -0.1) is 0 Å². The number of aliphatic imine (C=N–C) groups is 1. The lowest BCUT2D eigenvalue weighted by atomic mass is 10.1. The summed E-state index contributed by atoms with van der Waals surface area (Å²) in [5.41, 5.74) is 2.41. The molecule has 0 radical (unpaired) electrons. The number of ether oxygens (including phenoxy) is 2. The first-order valence-electron chi connectivity index (χ1n) is 8.69. The maximum absolute atomic E-state index is 13.4. The minimum absolute atomic E-state index is 0.0376. The first-order chi connectivity index (χ1) is 13.0. The number of nitrogens with zero attached hydrogens (tertiary/aromatic N) is 1. The van der Waals surface area contributed by atoms with E-state index in [0.29, 0.717) is 42.7 Å². The molecule has 7 heteroatoms. The van der Waals surface area contributed by atoms with Crippen LogP contribution in [0.4, 0.5) is 4.39 Å². The van der Waals surface area contributed by atoms with Crippen LogP contribution in [0.3, 0.4) is 0 Å². The Morgan fingerprint density at radius 3 is 2.30 bits per heavy atom. The normalized spacial score (nSPS) is 11.2. The van der Waals surface area contributed by atoms with Crippen molar-refractivity contribution >= 4 is 5.96 Å². The highest BCUT2D eigenvalue weighted by atomic mass is 19.1. The Bertz CT molecular complexity index is 784. The molecule has 2 aromatic carbocycles. The van der Waals surface area contributed by atoms with Gasteiger partial charge in [0.15, 0.2) is 17.5 Å². The van der Waals surface area contributed by atoms with Gasteiger partial charge in [-0.1, -0.05) is 12.1 Å². The van der Waals surface area contributed by atoms with E-state index in [2.05, 4.69) is 15.6 Å². The molecule has 0 spiro atoms. The van der Waals surface area contributed by atoms with E-state index in [-0.39, 0.29) is 11.6 Å². The van der Waals surface area contributed by atoms with E-state index >= 15 is 0 Å². The average Bonchev–Trinajstić information content (AvgIpc) is 2.67. The first kappa shape index (κ1) is 20.4. The molecule has 146 valence electrons. The fourth-order valence-electron chi connectivity index (χ4n) is 2.55. The summed E-state index contributed by atoms with van der Waals surface area (Å²) in [6.07, 6.45) is 0. The number of phenolic OH excluding ortho intramolecular Hbond substituents is 1. The number of halogens is 1. The largest absolute Gasteiger partial charge is 0.502 e. The van der Waals surface area contributed by atoms with Gasteiger partial charge in [-0.25, -0.2) is 9.38 Å². The van der Waals surface area contributed by atoms with Crippen LogP contribution < -0.4 is 20.1 Å². The van der Waals surface area contributed by atoms with Crippen LogP contribution in [-0.2, 0) is 13.1 Å². The van der Waals surface area contributed by atoms with Crippen molar-refractivity contribution in [2.45, 2.75) is 26.9 Å². The number of guanidine groups is 1. The topological polar surface area (TPSA) is 75.1 Å². The quantitative estimate of drug-likeness (QED) is 0.512. The van der Waals surface area contributed by atoms with Crippen LogP contribution in [0.2, 0.25) is 0 Å². The first-order valence-corrected chi connectivity index (χ1v) is 8.69. The second-order valence-electron chi connectivity index (χ2n) is 5.98. The van der Waals surface area contributed by atoms with Gasteiger partial charge in [-0.3, -0.25) is 0 Å². The lowest BCUT2D eigenvalue weighted by Gasteiger charge is -2.13. The molecule has 0 heterocycles. The highest BCUT2D eigenvalue weighted by Crippen LogP contribution is 2.37. The zero-order valence-electron chi connectivity index (χ0n) is 16.1. The SMILES string of the molecule is CCNC(=NCc1cc(OC)c(O)c(OC)c1)NCc1ccc(F)c(C)c1. The van der Waals surface area contributed by atoms with E-state index in [4.69, 9.17) is 9.47 Å². The number of aryl methyl sites for hydroxylation is 1. The summed E-state index contributed by atoms with van der Waals surface area (Å²) in [6, 6.07) is 8.45. The Morgan fingerprint density at radius 2 is 1.74 bits per heavy atom. The Balaban J connectivity index is 2.11. The van der Waals surface area contributed by atoms with E-state index in [0.717, 1.165) is 11.1 Å². The van der Waals surface area contributed by atoms with Crippen LogP contribution in [0, 0.1) is 12.7 Å². The van der Waals surface area contributed by atoms with Gasteiger partial charge in [0.25, 0.3) is 0 Å². The highest BCUT2D eigenvalue weighted by Gasteiger charge is 2.11. The molecule has 0 saturated heterocycles. The fraction of sp³-hybridized carbons (Fsp3) is 0.350. The molecule has 6 nitrogen and oxygen atoms in total. The summed E-state index contributed by atoms with van der Waals surface area (Å²) in [7, 11) is 2.97. The van der Waals surface area contributed by atoms with Gasteiger partial charge in [0, 0.05) is 13.1 Å². The highest BCUT2D eigenvalue weighted by molar-refractivity contribution is 5.79. The molecule has 0 amide bonds. The van der Waals surface area contributed by atoms with Gasteiger partial charge in [-0.2, -0.15) is 0 Å². The predicted octanol–water partition coefficient (Wildman–Crippen LogP) is 3.11. The molecule has 0 atom stereocenters.